The van der Waals surface area contributed by atoms with Crippen LogP contribution in [-0.4, -0.2) is 12.3 Å². The molecule has 0 radical (unpaired) electrons. The van der Waals surface area contributed by atoms with Crippen LogP contribution >= 0.6 is 34.2 Å². The van der Waals surface area contributed by atoms with Crippen LogP contribution in [0.15, 0.2) is 12.1 Å². The Labute approximate surface area is 95.1 Å². The van der Waals surface area contributed by atoms with E-state index >= 15 is 0 Å². The van der Waals surface area contributed by atoms with Crippen LogP contribution in [0.5, 0.6) is 5.75 Å². The first-order valence-electron chi connectivity index (χ1n) is 3.58. The molecule has 0 unspecified atom stereocenters. The van der Waals surface area contributed by atoms with Crippen molar-refractivity contribution in [1.29, 1.82) is 0 Å². The highest BCUT2D eigenvalue weighted by Gasteiger charge is 2.09. The number of hydrogen-bond acceptors (Lipinski definition) is 3. The van der Waals surface area contributed by atoms with Crippen LogP contribution < -0.4 is 10.2 Å². The van der Waals surface area contributed by atoms with Gasteiger partial charge < -0.3 is 9.94 Å². The monoisotopic (exact) mass is 313 g/mol. The fourth-order valence-electron chi connectivity index (χ4n) is 1.02. The third-order valence-electron chi connectivity index (χ3n) is 1.61. The van der Waals surface area contributed by atoms with Crippen molar-refractivity contribution in [1.82, 2.24) is 5.48 Å². The Kier molecular flexibility index (Phi) is 4.24. The molecule has 0 aliphatic rings. The predicted octanol–water partition coefficient (Wildman–Crippen LogP) is 2.43. The Morgan fingerprint density at radius 2 is 2.31 bits per heavy atom. The third kappa shape index (κ3) is 2.46. The zero-order valence-corrected chi connectivity index (χ0v) is 9.89. The molecule has 1 rings (SSSR count). The minimum Gasteiger partial charge on any atom is -0.495 e. The minimum absolute atomic E-state index is 0.344. The molecule has 13 heavy (non-hydrogen) atoms. The smallest absolute Gasteiger partial charge is 0.138 e. The van der Waals surface area contributed by atoms with Crippen molar-refractivity contribution in [3.8, 4) is 5.75 Å². The van der Waals surface area contributed by atoms with Crippen LogP contribution in [-0.2, 0) is 6.54 Å². The molecule has 0 spiro atoms. The summed E-state index contributed by atoms with van der Waals surface area (Å²) in [4.78, 5) is 0. The van der Waals surface area contributed by atoms with E-state index in [1.54, 1.807) is 13.2 Å². The van der Waals surface area contributed by atoms with Crippen molar-refractivity contribution in [2.24, 2.45) is 0 Å². The molecule has 0 aliphatic carbocycles. The van der Waals surface area contributed by atoms with Crippen LogP contribution in [0.3, 0.4) is 0 Å². The molecule has 0 fully saturated rings. The average molecular weight is 314 g/mol. The van der Waals surface area contributed by atoms with Gasteiger partial charge in [0.05, 0.1) is 15.7 Å². The maximum atomic E-state index is 8.56. The molecule has 72 valence electrons. The summed E-state index contributed by atoms with van der Waals surface area (Å²) in [5, 5.41) is 9.21. The van der Waals surface area contributed by atoms with Gasteiger partial charge in [-0.1, -0.05) is 17.7 Å². The van der Waals surface area contributed by atoms with Crippen molar-refractivity contribution in [3.63, 3.8) is 0 Å². The highest BCUT2D eigenvalue weighted by atomic mass is 127. The molecule has 5 heteroatoms. The second-order valence-corrected chi connectivity index (χ2v) is 3.87. The van der Waals surface area contributed by atoms with Gasteiger partial charge in [-0.3, -0.25) is 0 Å². The van der Waals surface area contributed by atoms with E-state index in [-0.39, 0.29) is 0 Å². The molecular weight excluding hydrogens is 304 g/mol. The van der Waals surface area contributed by atoms with Crippen molar-refractivity contribution in [2.45, 2.75) is 6.54 Å². The molecule has 0 aliphatic heterocycles. The van der Waals surface area contributed by atoms with Gasteiger partial charge in [0, 0.05) is 12.1 Å². The van der Waals surface area contributed by atoms with Crippen molar-refractivity contribution in [3.05, 3.63) is 26.3 Å². The van der Waals surface area contributed by atoms with E-state index < -0.39 is 0 Å². The van der Waals surface area contributed by atoms with Crippen LogP contribution in [0, 0.1) is 3.57 Å². The molecule has 0 saturated carbocycles. The SMILES string of the molecule is COc1c(CNO)ccc(Cl)c1I. The first kappa shape index (κ1) is 11.0. The summed E-state index contributed by atoms with van der Waals surface area (Å²) in [6.07, 6.45) is 0. The Bertz CT molecular complexity index is 306. The minimum atomic E-state index is 0.344. The normalized spacial score (nSPS) is 10.2. The van der Waals surface area contributed by atoms with Gasteiger partial charge in [-0.05, 0) is 28.7 Å². The quantitative estimate of drug-likeness (QED) is 0.665. The molecule has 0 aromatic heterocycles. The Morgan fingerprint density at radius 1 is 1.62 bits per heavy atom. The number of benzene rings is 1. The zero-order valence-electron chi connectivity index (χ0n) is 6.97. The molecule has 3 nitrogen and oxygen atoms in total. The molecular formula is C8H9ClINO2. The largest absolute Gasteiger partial charge is 0.495 e. The second-order valence-electron chi connectivity index (χ2n) is 2.39. The van der Waals surface area contributed by atoms with Gasteiger partial charge in [0.25, 0.3) is 0 Å². The third-order valence-corrected chi connectivity index (χ3v) is 3.31. The van der Waals surface area contributed by atoms with Crippen LogP contribution in [0.1, 0.15) is 5.56 Å². The van der Waals surface area contributed by atoms with E-state index in [1.165, 1.54) is 0 Å². The average Bonchev–Trinajstić information content (AvgIpc) is 2.12. The van der Waals surface area contributed by atoms with E-state index in [0.717, 1.165) is 9.13 Å². The van der Waals surface area contributed by atoms with E-state index in [2.05, 4.69) is 28.1 Å². The molecule has 1 aromatic carbocycles. The van der Waals surface area contributed by atoms with E-state index in [0.29, 0.717) is 17.3 Å². The fourth-order valence-corrected chi connectivity index (χ4v) is 1.91. The summed E-state index contributed by atoms with van der Waals surface area (Å²) in [5.74, 6) is 0.703. The summed E-state index contributed by atoms with van der Waals surface area (Å²) < 4.78 is 6.02. The lowest BCUT2D eigenvalue weighted by Gasteiger charge is -2.10. The van der Waals surface area contributed by atoms with Crippen LogP contribution in [0.2, 0.25) is 5.02 Å². The Hall–Kier alpha value is -0.0400. The van der Waals surface area contributed by atoms with E-state index in [1.807, 2.05) is 6.07 Å². The van der Waals surface area contributed by atoms with E-state index in [4.69, 9.17) is 21.5 Å². The first-order valence-corrected chi connectivity index (χ1v) is 5.04. The number of hydroxylamine groups is 1. The Balaban J connectivity index is 3.13. The highest BCUT2D eigenvalue weighted by molar-refractivity contribution is 14.1. The highest BCUT2D eigenvalue weighted by Crippen LogP contribution is 2.31. The second kappa shape index (κ2) is 4.99. The van der Waals surface area contributed by atoms with Crippen molar-refractivity contribution >= 4 is 34.2 Å². The molecule has 0 heterocycles. The molecule has 0 atom stereocenters. The molecule has 0 bridgehead atoms. The van der Waals surface area contributed by atoms with Crippen LogP contribution in [0.25, 0.3) is 0 Å². The Morgan fingerprint density at radius 3 is 2.85 bits per heavy atom. The number of methoxy groups -OCH3 is 1. The van der Waals surface area contributed by atoms with Crippen molar-refractivity contribution < 1.29 is 9.94 Å². The number of nitrogens with one attached hydrogen (secondary N) is 1. The summed E-state index contributed by atoms with van der Waals surface area (Å²) in [6.45, 7) is 0.344. The van der Waals surface area contributed by atoms with Gasteiger partial charge >= 0.3 is 0 Å². The summed E-state index contributed by atoms with van der Waals surface area (Å²) in [7, 11) is 1.58. The van der Waals surface area contributed by atoms with Crippen LogP contribution in [0.4, 0.5) is 0 Å². The molecule has 1 aromatic rings. The fraction of sp³-hybridized carbons (Fsp3) is 0.250. The predicted molar refractivity (Wildman–Crippen MR) is 59.3 cm³/mol. The summed E-state index contributed by atoms with van der Waals surface area (Å²) >= 11 is 8.00. The number of rotatable bonds is 3. The van der Waals surface area contributed by atoms with Gasteiger partial charge in [-0.25, -0.2) is 5.48 Å². The first-order chi connectivity index (χ1) is 6.20. The van der Waals surface area contributed by atoms with Gasteiger partial charge in [-0.2, -0.15) is 0 Å². The van der Waals surface area contributed by atoms with Crippen molar-refractivity contribution in [2.75, 3.05) is 7.11 Å². The van der Waals surface area contributed by atoms with Gasteiger partial charge in [0.2, 0.25) is 0 Å². The topological polar surface area (TPSA) is 41.5 Å². The number of ether oxygens (including phenoxy) is 1. The number of halogens is 2. The van der Waals surface area contributed by atoms with Gasteiger partial charge in [-0.15, -0.1) is 0 Å². The lowest BCUT2D eigenvalue weighted by molar-refractivity contribution is 0.160. The maximum absolute atomic E-state index is 8.56. The lowest BCUT2D eigenvalue weighted by atomic mass is 10.2. The molecule has 0 amide bonds. The molecule has 2 N–H and O–H groups in total. The van der Waals surface area contributed by atoms with E-state index in [9.17, 15) is 0 Å². The standard InChI is InChI=1S/C8H9ClINO2/c1-13-8-5(4-11-12)2-3-6(9)7(8)10/h2-3,11-12H,4H2,1H3. The zero-order chi connectivity index (χ0) is 9.84. The molecule has 0 saturated heterocycles. The van der Waals surface area contributed by atoms with Gasteiger partial charge in [0.1, 0.15) is 5.75 Å². The maximum Gasteiger partial charge on any atom is 0.138 e. The lowest BCUT2D eigenvalue weighted by Crippen LogP contribution is -2.08. The summed E-state index contributed by atoms with van der Waals surface area (Å²) in [5.41, 5.74) is 2.95. The summed E-state index contributed by atoms with van der Waals surface area (Å²) in [6, 6.07) is 3.59. The number of hydrogen-bond donors (Lipinski definition) is 2. The van der Waals surface area contributed by atoms with Gasteiger partial charge in [0.15, 0.2) is 0 Å².